The van der Waals surface area contributed by atoms with Gasteiger partial charge in [-0.2, -0.15) is 0 Å². The molecule has 0 aliphatic carbocycles. The van der Waals surface area contributed by atoms with Gasteiger partial charge in [0.1, 0.15) is 0 Å². The molecule has 0 spiro atoms. The molecule has 0 aromatic heterocycles. The van der Waals surface area contributed by atoms with E-state index in [1.807, 2.05) is 11.0 Å². The monoisotopic (exact) mass is 344 g/mol. The van der Waals surface area contributed by atoms with E-state index in [-0.39, 0.29) is 5.91 Å². The Labute approximate surface area is 116 Å². The average molecular weight is 344 g/mol. The number of likely N-dealkylation sites (tertiary alicyclic amines) is 1. The number of halogens is 1. The molecule has 1 saturated heterocycles. The highest BCUT2D eigenvalue weighted by Crippen LogP contribution is 2.17. The minimum absolute atomic E-state index is 0.207. The summed E-state index contributed by atoms with van der Waals surface area (Å²) in [6.45, 7) is 4.33. The number of carbonyl (C=O) groups is 1. The van der Waals surface area contributed by atoms with Gasteiger partial charge in [-0.3, -0.25) is 4.79 Å². The van der Waals surface area contributed by atoms with Crippen molar-refractivity contribution < 1.29 is 4.79 Å². The number of nitrogens with zero attached hydrogens (tertiary/aromatic N) is 1. The zero-order chi connectivity index (χ0) is 12.3. The number of carbonyl (C=O) groups excluding carboxylic acids is 1. The summed E-state index contributed by atoms with van der Waals surface area (Å²) in [5.74, 6) is 0.207. The molecule has 92 valence electrons. The van der Waals surface area contributed by atoms with Crippen LogP contribution >= 0.6 is 22.6 Å². The van der Waals surface area contributed by atoms with Gasteiger partial charge in [0.05, 0.1) is 6.54 Å². The Morgan fingerprint density at radius 2 is 2.12 bits per heavy atom. The van der Waals surface area contributed by atoms with Crippen molar-refractivity contribution in [2.75, 3.05) is 25.0 Å². The van der Waals surface area contributed by atoms with Crippen molar-refractivity contribution in [2.45, 2.75) is 19.8 Å². The minimum Gasteiger partial charge on any atom is -0.376 e. The maximum Gasteiger partial charge on any atom is 0.241 e. The maximum atomic E-state index is 11.8. The third-order valence-electron chi connectivity index (χ3n) is 3.07. The van der Waals surface area contributed by atoms with Crippen molar-refractivity contribution in [2.24, 2.45) is 0 Å². The highest BCUT2D eigenvalue weighted by atomic mass is 127. The molecule has 17 heavy (non-hydrogen) atoms. The average Bonchev–Trinajstić information content (AvgIpc) is 2.84. The van der Waals surface area contributed by atoms with E-state index in [0.29, 0.717) is 6.54 Å². The zero-order valence-electron chi connectivity index (χ0n) is 10.0. The summed E-state index contributed by atoms with van der Waals surface area (Å²) in [5, 5.41) is 3.19. The Hall–Kier alpha value is -0.780. The van der Waals surface area contributed by atoms with Gasteiger partial charge < -0.3 is 10.2 Å². The molecule has 0 saturated carbocycles. The third-order valence-corrected chi connectivity index (χ3v) is 4.24. The lowest BCUT2D eigenvalue weighted by Gasteiger charge is -2.16. The van der Waals surface area contributed by atoms with Gasteiger partial charge in [-0.15, -0.1) is 0 Å². The second-order valence-electron chi connectivity index (χ2n) is 4.41. The molecule has 0 bridgehead atoms. The summed E-state index contributed by atoms with van der Waals surface area (Å²) >= 11 is 2.31. The molecule has 1 heterocycles. The lowest BCUT2D eigenvalue weighted by atomic mass is 10.2. The van der Waals surface area contributed by atoms with Crippen LogP contribution in [0, 0.1) is 10.5 Å². The fraction of sp³-hybridized carbons (Fsp3) is 0.462. The van der Waals surface area contributed by atoms with E-state index < -0.39 is 0 Å². The van der Waals surface area contributed by atoms with E-state index in [9.17, 15) is 4.79 Å². The topological polar surface area (TPSA) is 32.3 Å². The van der Waals surface area contributed by atoms with Crippen LogP contribution in [0.5, 0.6) is 0 Å². The highest BCUT2D eigenvalue weighted by molar-refractivity contribution is 14.1. The largest absolute Gasteiger partial charge is 0.376 e. The summed E-state index contributed by atoms with van der Waals surface area (Å²) in [4.78, 5) is 13.8. The van der Waals surface area contributed by atoms with Crippen molar-refractivity contribution in [3.05, 3.63) is 27.3 Å². The van der Waals surface area contributed by atoms with Crippen LogP contribution in [0.2, 0.25) is 0 Å². The number of amides is 1. The van der Waals surface area contributed by atoms with Crippen molar-refractivity contribution in [3.63, 3.8) is 0 Å². The Bertz CT molecular complexity index is 414. The molecule has 1 aromatic rings. The van der Waals surface area contributed by atoms with Crippen LogP contribution < -0.4 is 5.32 Å². The number of hydrogen-bond donors (Lipinski definition) is 1. The standard InChI is InChI=1S/C13H17IN2O/c1-10-4-5-11(8-12(10)14)15-9-13(17)16-6-2-3-7-16/h4-5,8,15H,2-3,6-7,9H2,1H3. The molecular weight excluding hydrogens is 327 g/mol. The molecule has 1 aliphatic rings. The van der Waals surface area contributed by atoms with Crippen molar-refractivity contribution in [1.82, 2.24) is 4.90 Å². The maximum absolute atomic E-state index is 11.8. The summed E-state index contributed by atoms with van der Waals surface area (Å²) in [6, 6.07) is 6.17. The summed E-state index contributed by atoms with van der Waals surface area (Å²) < 4.78 is 1.22. The van der Waals surface area contributed by atoms with Gasteiger partial charge in [-0.1, -0.05) is 6.07 Å². The molecule has 1 N–H and O–H groups in total. The number of aryl methyl sites for hydroxylation is 1. The number of nitrogens with one attached hydrogen (secondary N) is 1. The summed E-state index contributed by atoms with van der Waals surface area (Å²) in [6.07, 6.45) is 2.29. The van der Waals surface area contributed by atoms with E-state index in [1.165, 1.54) is 9.13 Å². The Balaban J connectivity index is 1.88. The van der Waals surface area contributed by atoms with E-state index in [0.717, 1.165) is 31.6 Å². The van der Waals surface area contributed by atoms with E-state index in [1.54, 1.807) is 0 Å². The van der Waals surface area contributed by atoms with Crippen molar-refractivity contribution >= 4 is 34.2 Å². The van der Waals surface area contributed by atoms with Gasteiger partial charge in [0, 0.05) is 22.3 Å². The predicted molar refractivity (Wildman–Crippen MR) is 78.2 cm³/mol. The van der Waals surface area contributed by atoms with Crippen LogP contribution in [-0.4, -0.2) is 30.4 Å². The van der Waals surface area contributed by atoms with E-state index in [4.69, 9.17) is 0 Å². The Kier molecular flexibility index (Phi) is 4.25. The Morgan fingerprint density at radius 1 is 1.41 bits per heavy atom. The lowest BCUT2D eigenvalue weighted by molar-refractivity contribution is -0.128. The predicted octanol–water partition coefficient (Wildman–Crippen LogP) is 2.63. The van der Waals surface area contributed by atoms with Crippen LogP contribution in [0.1, 0.15) is 18.4 Å². The molecule has 0 atom stereocenters. The van der Waals surface area contributed by atoms with E-state index in [2.05, 4.69) is 47.0 Å². The fourth-order valence-electron chi connectivity index (χ4n) is 1.96. The zero-order valence-corrected chi connectivity index (χ0v) is 12.2. The second-order valence-corrected chi connectivity index (χ2v) is 5.57. The molecule has 1 fully saturated rings. The number of benzene rings is 1. The van der Waals surface area contributed by atoms with Crippen LogP contribution in [-0.2, 0) is 4.79 Å². The molecule has 1 aromatic carbocycles. The van der Waals surface area contributed by atoms with Crippen molar-refractivity contribution in [1.29, 1.82) is 0 Å². The molecule has 1 amide bonds. The minimum atomic E-state index is 0.207. The lowest BCUT2D eigenvalue weighted by Crippen LogP contribution is -2.32. The third kappa shape index (κ3) is 3.34. The first-order valence-electron chi connectivity index (χ1n) is 5.94. The van der Waals surface area contributed by atoms with Crippen LogP contribution in [0.4, 0.5) is 5.69 Å². The summed E-state index contributed by atoms with van der Waals surface area (Å²) in [7, 11) is 0. The van der Waals surface area contributed by atoms with Crippen LogP contribution in [0.25, 0.3) is 0 Å². The molecule has 4 heteroatoms. The first-order chi connectivity index (χ1) is 8.16. The van der Waals surface area contributed by atoms with Gasteiger partial charge in [0.25, 0.3) is 0 Å². The van der Waals surface area contributed by atoms with Gasteiger partial charge in [-0.25, -0.2) is 0 Å². The van der Waals surface area contributed by atoms with Gasteiger partial charge in [0.15, 0.2) is 0 Å². The Morgan fingerprint density at radius 3 is 2.76 bits per heavy atom. The van der Waals surface area contributed by atoms with Crippen LogP contribution in [0.15, 0.2) is 18.2 Å². The smallest absolute Gasteiger partial charge is 0.241 e. The second kappa shape index (κ2) is 5.71. The molecule has 0 unspecified atom stereocenters. The molecular formula is C13H17IN2O. The summed E-state index contributed by atoms with van der Waals surface area (Å²) in [5.41, 5.74) is 2.29. The van der Waals surface area contributed by atoms with Gasteiger partial charge >= 0.3 is 0 Å². The molecule has 1 aliphatic heterocycles. The van der Waals surface area contributed by atoms with Crippen molar-refractivity contribution in [3.8, 4) is 0 Å². The highest BCUT2D eigenvalue weighted by Gasteiger charge is 2.17. The number of anilines is 1. The molecule has 0 radical (unpaired) electrons. The first-order valence-corrected chi connectivity index (χ1v) is 7.02. The normalized spacial score (nSPS) is 15.1. The van der Waals surface area contributed by atoms with Gasteiger partial charge in [-0.05, 0) is 60.1 Å². The SMILES string of the molecule is Cc1ccc(NCC(=O)N2CCCC2)cc1I. The quantitative estimate of drug-likeness (QED) is 0.855. The van der Waals surface area contributed by atoms with E-state index >= 15 is 0 Å². The number of hydrogen-bond acceptors (Lipinski definition) is 2. The first kappa shape index (κ1) is 12.7. The van der Waals surface area contributed by atoms with Gasteiger partial charge in [0.2, 0.25) is 5.91 Å². The molecule has 3 nitrogen and oxygen atoms in total. The van der Waals surface area contributed by atoms with Crippen LogP contribution in [0.3, 0.4) is 0 Å². The molecule has 2 rings (SSSR count). The number of rotatable bonds is 3. The fourth-order valence-corrected chi connectivity index (χ4v) is 2.47.